The van der Waals surface area contributed by atoms with Crippen molar-refractivity contribution in [2.24, 2.45) is 0 Å². The van der Waals surface area contributed by atoms with E-state index < -0.39 is 15.1 Å². The van der Waals surface area contributed by atoms with Crippen molar-refractivity contribution in [1.82, 2.24) is 15.3 Å². The topological polar surface area (TPSA) is 149 Å². The fraction of sp³-hybridized carbons (Fsp3) is 0.280. The van der Waals surface area contributed by atoms with Crippen LogP contribution >= 0.6 is 0 Å². The molecule has 2 aromatic carbocycles. The van der Waals surface area contributed by atoms with Crippen LogP contribution in [0.5, 0.6) is 0 Å². The lowest BCUT2D eigenvalue weighted by Crippen LogP contribution is -2.19. The third kappa shape index (κ3) is 6.16. The monoisotopic (exact) mass is 499 g/mol. The van der Waals surface area contributed by atoms with Crippen LogP contribution in [-0.2, 0) is 21.1 Å². The first-order valence-corrected chi connectivity index (χ1v) is 12.6. The third-order valence-electron chi connectivity index (χ3n) is 5.52. The Morgan fingerprint density at radius 3 is 2.37 bits per heavy atom. The largest absolute Gasteiger partial charge is 0.419 e. The van der Waals surface area contributed by atoms with Crippen LogP contribution in [0.1, 0.15) is 38.7 Å². The van der Waals surface area contributed by atoms with E-state index >= 15 is 0 Å². The Bertz CT molecular complexity index is 1320. The van der Waals surface area contributed by atoms with Crippen LogP contribution in [-0.4, -0.2) is 54.2 Å². The zero-order valence-electron chi connectivity index (χ0n) is 19.9. The zero-order valence-corrected chi connectivity index (χ0v) is 20.7. The number of nitrogens with one attached hydrogen (secondary N) is 3. The van der Waals surface area contributed by atoms with Gasteiger partial charge in [0.15, 0.2) is 9.84 Å². The number of aryl methyl sites for hydroxylation is 1. The highest BCUT2D eigenvalue weighted by atomic mass is 32.2. The van der Waals surface area contributed by atoms with E-state index in [9.17, 15) is 8.42 Å². The van der Waals surface area contributed by atoms with Crippen molar-refractivity contribution in [2.45, 2.75) is 37.0 Å². The minimum atomic E-state index is -3.55. The van der Waals surface area contributed by atoms with Gasteiger partial charge in [-0.05, 0) is 57.1 Å². The first kappa shape index (κ1) is 26.1. The molecule has 1 heterocycles. The number of sulfone groups is 1. The van der Waals surface area contributed by atoms with E-state index in [2.05, 4.69) is 15.3 Å². The summed E-state index contributed by atoms with van der Waals surface area (Å²) in [7, 11) is -1.70. The molecular weight excluding hydrogens is 466 g/mol. The van der Waals surface area contributed by atoms with Gasteiger partial charge in [-0.25, -0.2) is 13.4 Å². The molecule has 1 atom stereocenters. The van der Waals surface area contributed by atoms with Gasteiger partial charge in [0.2, 0.25) is 11.8 Å². The second-order valence-corrected chi connectivity index (χ2v) is 10.4. The molecule has 0 aliphatic rings. The molecule has 3 rings (SSSR count). The maximum Gasteiger partial charge on any atom is 0.241 e. The fourth-order valence-electron chi connectivity index (χ4n) is 3.38. The lowest BCUT2D eigenvalue weighted by atomic mass is 10.1. The average Bonchev–Trinajstić information content (AvgIpc) is 2.85. The summed E-state index contributed by atoms with van der Waals surface area (Å²) in [5.41, 5.74) is 3.31. The first-order valence-electron chi connectivity index (χ1n) is 11.1. The highest BCUT2D eigenvalue weighted by Crippen LogP contribution is 2.23. The van der Waals surface area contributed by atoms with Gasteiger partial charge in [0.05, 0.1) is 27.7 Å². The number of nitrogens with zero attached hydrogens (tertiary/aromatic N) is 2. The predicted molar refractivity (Wildman–Crippen MR) is 139 cm³/mol. The van der Waals surface area contributed by atoms with Gasteiger partial charge in [-0.1, -0.05) is 24.3 Å². The molecule has 9 nitrogen and oxygen atoms in total. The fourth-order valence-corrected chi connectivity index (χ4v) is 4.77. The van der Waals surface area contributed by atoms with E-state index in [1.807, 2.05) is 19.2 Å². The highest BCUT2D eigenvalue weighted by Gasteiger charge is 2.23. The van der Waals surface area contributed by atoms with Crippen molar-refractivity contribution < 1.29 is 21.1 Å². The second-order valence-electron chi connectivity index (χ2n) is 8.07. The van der Waals surface area contributed by atoms with Gasteiger partial charge >= 0.3 is 0 Å². The van der Waals surface area contributed by atoms with E-state index in [0.717, 1.165) is 5.56 Å². The summed E-state index contributed by atoms with van der Waals surface area (Å²) in [6, 6.07) is 13.5. The Balaban J connectivity index is 0.00000342. The molecule has 35 heavy (non-hydrogen) atoms. The summed E-state index contributed by atoms with van der Waals surface area (Å²) in [5, 5.41) is 28.0. The van der Waals surface area contributed by atoms with Crippen LogP contribution in [0.15, 0.2) is 59.6 Å². The van der Waals surface area contributed by atoms with Crippen molar-refractivity contribution in [3.63, 3.8) is 0 Å². The van der Waals surface area contributed by atoms with Crippen molar-refractivity contribution in [3.05, 3.63) is 77.2 Å². The molecule has 0 amide bonds. The van der Waals surface area contributed by atoms with Gasteiger partial charge in [0.1, 0.15) is 5.69 Å². The minimum Gasteiger partial charge on any atom is -0.419 e. The van der Waals surface area contributed by atoms with E-state index in [1.54, 1.807) is 38.1 Å². The van der Waals surface area contributed by atoms with Crippen molar-refractivity contribution in [2.75, 3.05) is 13.7 Å². The molecule has 0 radical (unpaired) electrons. The van der Waals surface area contributed by atoms with Gasteiger partial charge in [-0.3, -0.25) is 15.8 Å². The van der Waals surface area contributed by atoms with Gasteiger partial charge in [-0.2, -0.15) is 0 Å². The van der Waals surface area contributed by atoms with Crippen molar-refractivity contribution >= 4 is 21.6 Å². The Kier molecular flexibility index (Phi) is 8.44. The Labute approximate surface area is 208 Å². The lowest BCUT2D eigenvalue weighted by molar-refractivity contribution is 0.287. The van der Waals surface area contributed by atoms with E-state index in [0.29, 0.717) is 29.1 Å². The summed E-state index contributed by atoms with van der Waals surface area (Å²) in [5.74, 6) is -0.484. The number of aromatic nitrogens is 2. The number of ether oxygens (including phenoxy) is 1. The van der Waals surface area contributed by atoms with Crippen LogP contribution in [0.2, 0.25) is 0 Å². The van der Waals surface area contributed by atoms with Gasteiger partial charge < -0.3 is 15.2 Å². The van der Waals surface area contributed by atoms with E-state index in [-0.39, 0.29) is 38.3 Å². The first-order chi connectivity index (χ1) is 16.7. The molecule has 1 unspecified atom stereocenters. The third-order valence-corrected chi connectivity index (χ3v) is 7.74. The zero-order chi connectivity index (χ0) is 25.6. The van der Waals surface area contributed by atoms with Crippen LogP contribution in [0.4, 0.5) is 0 Å². The summed E-state index contributed by atoms with van der Waals surface area (Å²) in [6.45, 7) is 3.77. The second kappa shape index (κ2) is 11.3. The number of hydrogen-bond acceptors (Lipinski definition) is 9. The van der Waals surface area contributed by atoms with Crippen molar-refractivity contribution in [3.8, 4) is 11.3 Å². The summed E-state index contributed by atoms with van der Waals surface area (Å²) in [6.07, 6.45) is 1.70. The number of aliphatic hydroxyl groups excluding tert-OH is 1. The maximum atomic E-state index is 12.6. The van der Waals surface area contributed by atoms with Crippen molar-refractivity contribution in [1.29, 1.82) is 10.8 Å². The SMILES string of the molecule is CNCc1ccc(C(=N)OC(=N)c2nc(-c3ccc(S(=O)(=O)C(C)CCO)cc3)cnc2C)cc1.[HH].[HH]. The predicted octanol–water partition coefficient (Wildman–Crippen LogP) is 3.58. The van der Waals surface area contributed by atoms with Gasteiger partial charge in [0, 0.05) is 27.1 Å². The van der Waals surface area contributed by atoms with E-state index in [4.69, 9.17) is 20.7 Å². The molecule has 0 saturated carbocycles. The molecule has 3 aromatic rings. The van der Waals surface area contributed by atoms with Gasteiger partial charge in [0.25, 0.3) is 0 Å². The highest BCUT2D eigenvalue weighted by molar-refractivity contribution is 7.92. The quantitative estimate of drug-likeness (QED) is 0.260. The van der Waals surface area contributed by atoms with Crippen LogP contribution in [0, 0.1) is 17.7 Å². The molecule has 1 aromatic heterocycles. The molecule has 0 fully saturated rings. The molecule has 0 saturated heterocycles. The van der Waals surface area contributed by atoms with Crippen LogP contribution in [0.3, 0.4) is 0 Å². The Morgan fingerprint density at radius 2 is 1.77 bits per heavy atom. The summed E-state index contributed by atoms with van der Waals surface area (Å²) < 4.78 is 30.7. The molecule has 0 spiro atoms. The normalized spacial score (nSPS) is 12.2. The molecule has 4 N–H and O–H groups in total. The standard InChI is InChI=1S/C25H29N5O4S.2H2/c1-16(12-13-31)35(32,33)21-10-8-19(9-11-21)22-15-29-17(2)23(30-22)25(27)34-24(26)20-6-4-18(5-7-20)14-28-3;;/h4-11,15-16,26-28,31H,12-14H2,1-3H3;2*1H. The summed E-state index contributed by atoms with van der Waals surface area (Å²) >= 11 is 0. The minimum absolute atomic E-state index is 0. The van der Waals surface area contributed by atoms with E-state index in [1.165, 1.54) is 18.3 Å². The molecule has 10 heteroatoms. The smallest absolute Gasteiger partial charge is 0.241 e. The van der Waals surface area contributed by atoms with Crippen LogP contribution in [0.25, 0.3) is 11.3 Å². The molecule has 0 bridgehead atoms. The molecular formula is C25H33N5O4S. The maximum absolute atomic E-state index is 12.6. The lowest BCUT2D eigenvalue weighted by Gasteiger charge is -2.13. The Hall–Kier alpha value is -3.47. The molecule has 0 aliphatic heterocycles. The summed E-state index contributed by atoms with van der Waals surface area (Å²) in [4.78, 5) is 8.95. The average molecular weight is 500 g/mol. The Morgan fingerprint density at radius 1 is 1.11 bits per heavy atom. The van der Waals surface area contributed by atoms with Gasteiger partial charge in [-0.15, -0.1) is 0 Å². The number of rotatable bonds is 9. The number of aliphatic hydroxyl groups is 1. The van der Waals surface area contributed by atoms with Crippen LogP contribution < -0.4 is 5.32 Å². The molecule has 188 valence electrons. The molecule has 0 aliphatic carbocycles. The number of benzene rings is 2. The number of hydrogen-bond donors (Lipinski definition) is 4.